The molecule has 12 heteroatoms. The van der Waals surface area contributed by atoms with Gasteiger partial charge in [-0.3, -0.25) is 14.5 Å². The lowest BCUT2D eigenvalue weighted by molar-refractivity contribution is -0.131. The Morgan fingerprint density at radius 3 is 2.63 bits per heavy atom. The molecule has 4 aromatic heterocycles. The van der Waals surface area contributed by atoms with Gasteiger partial charge in [-0.1, -0.05) is 25.1 Å². The Bertz CT molecular complexity index is 1400. The summed E-state index contributed by atoms with van der Waals surface area (Å²) < 4.78 is 12.6. The van der Waals surface area contributed by atoms with Crippen LogP contribution in [0, 0.1) is 5.92 Å². The maximum atomic E-state index is 12.7. The molecular weight excluding hydrogens is 486 g/mol. The summed E-state index contributed by atoms with van der Waals surface area (Å²) >= 11 is 0. The highest BCUT2D eigenvalue weighted by Gasteiger charge is 2.38. The lowest BCUT2D eigenvalue weighted by Gasteiger charge is -2.30. The van der Waals surface area contributed by atoms with Crippen LogP contribution in [0.25, 0.3) is 22.7 Å². The molecule has 12 nitrogen and oxygen atoms in total. The second-order valence-corrected chi connectivity index (χ2v) is 9.95. The molecule has 1 fully saturated rings. The predicted molar refractivity (Wildman–Crippen MR) is 138 cm³/mol. The second-order valence-electron chi connectivity index (χ2n) is 9.95. The Hall–Kier alpha value is -4.19. The Labute approximate surface area is 220 Å². The van der Waals surface area contributed by atoms with Gasteiger partial charge in [-0.2, -0.15) is 10.1 Å². The highest BCUT2D eigenvalue weighted by atomic mass is 16.5. The van der Waals surface area contributed by atoms with Crippen molar-refractivity contribution in [1.29, 1.82) is 0 Å². The van der Waals surface area contributed by atoms with Crippen LogP contribution in [-0.2, 0) is 21.5 Å². The van der Waals surface area contributed by atoms with Gasteiger partial charge in [0, 0.05) is 50.6 Å². The number of pyridine rings is 1. The van der Waals surface area contributed by atoms with Crippen molar-refractivity contribution in [2.75, 3.05) is 25.9 Å². The fourth-order valence-corrected chi connectivity index (χ4v) is 4.56. The van der Waals surface area contributed by atoms with Crippen LogP contribution < -0.4 is 5.73 Å². The third-order valence-corrected chi connectivity index (χ3v) is 7.38. The van der Waals surface area contributed by atoms with Crippen LogP contribution in [0.15, 0.2) is 47.6 Å². The molecule has 2 N–H and O–H groups in total. The lowest BCUT2D eigenvalue weighted by Crippen LogP contribution is -2.33. The molecule has 1 saturated heterocycles. The van der Waals surface area contributed by atoms with E-state index in [9.17, 15) is 4.79 Å². The normalized spacial score (nSPS) is 17.2. The van der Waals surface area contributed by atoms with Gasteiger partial charge >= 0.3 is 0 Å². The fourth-order valence-electron chi connectivity index (χ4n) is 4.56. The summed E-state index contributed by atoms with van der Waals surface area (Å²) in [5.74, 6) is 1.24. The van der Waals surface area contributed by atoms with E-state index in [2.05, 4.69) is 46.0 Å². The number of nitrogens with two attached hydrogens (primary N) is 1. The minimum atomic E-state index is -0.565. The van der Waals surface area contributed by atoms with Crippen molar-refractivity contribution >= 4 is 11.9 Å². The molecule has 0 radical (unpaired) electrons. The molecule has 0 aromatic carbocycles. The number of methoxy groups -OCH3 is 1. The van der Waals surface area contributed by atoms with E-state index >= 15 is 0 Å². The number of rotatable bonds is 8. The fraction of sp³-hybridized carbons (Fsp3) is 0.423. The van der Waals surface area contributed by atoms with E-state index in [-0.39, 0.29) is 30.4 Å². The second kappa shape index (κ2) is 10.3. The molecular formula is C26H31N9O3. The third-order valence-electron chi connectivity index (χ3n) is 7.38. The molecule has 1 amide bonds. The zero-order valence-electron chi connectivity index (χ0n) is 21.9. The number of aromatic nitrogens is 7. The van der Waals surface area contributed by atoms with Crippen molar-refractivity contribution < 1.29 is 14.1 Å². The number of amides is 1. The third kappa shape index (κ3) is 4.86. The Morgan fingerprint density at radius 1 is 1.18 bits per heavy atom. The van der Waals surface area contributed by atoms with Gasteiger partial charge in [0.15, 0.2) is 5.82 Å². The van der Waals surface area contributed by atoms with Gasteiger partial charge in [0.2, 0.25) is 11.9 Å². The molecule has 0 saturated carbocycles. The summed E-state index contributed by atoms with van der Waals surface area (Å²) in [6.07, 6.45) is 9.43. The zero-order chi connectivity index (χ0) is 26.9. The van der Waals surface area contributed by atoms with Gasteiger partial charge in [0.1, 0.15) is 6.54 Å². The largest absolute Gasteiger partial charge is 0.380 e. The number of hydrogen-bond donors (Lipinski definition) is 1. The maximum absolute atomic E-state index is 12.7. The van der Waals surface area contributed by atoms with Gasteiger partial charge in [0.25, 0.3) is 5.89 Å². The standard InChI is InChI=1S/C26H31N9O3/c1-16(2)26(3,19-5-6-21(28-12-19)17-9-29-25(27)30-10-17)24-32-23(38-33-24)18-11-31-35(13-18)15-22(36)34-8-7-20(14-34)37-4/h5-6,9-13,16,20H,7-8,14-15H2,1-4H3,(H2,27,29,30)/t20?,26-/m1/s1. The number of hydrogen-bond acceptors (Lipinski definition) is 10. The molecule has 38 heavy (non-hydrogen) atoms. The molecule has 1 unspecified atom stereocenters. The number of anilines is 1. The number of likely N-dealkylation sites (tertiary alicyclic amines) is 1. The maximum Gasteiger partial charge on any atom is 0.261 e. The van der Waals surface area contributed by atoms with E-state index in [1.54, 1.807) is 41.5 Å². The number of carbonyl (C=O) groups excluding carboxylic acids is 1. The molecule has 5 rings (SSSR count). The number of carbonyl (C=O) groups is 1. The molecule has 5 heterocycles. The Balaban J connectivity index is 1.34. The van der Waals surface area contributed by atoms with Crippen molar-refractivity contribution in [2.45, 2.75) is 45.3 Å². The molecule has 0 aliphatic carbocycles. The van der Waals surface area contributed by atoms with E-state index in [1.165, 1.54) is 0 Å². The average molecular weight is 518 g/mol. The van der Waals surface area contributed by atoms with Crippen molar-refractivity contribution in [3.05, 3.63) is 54.5 Å². The van der Waals surface area contributed by atoms with E-state index in [0.717, 1.165) is 23.2 Å². The van der Waals surface area contributed by atoms with Crippen LogP contribution >= 0.6 is 0 Å². The summed E-state index contributed by atoms with van der Waals surface area (Å²) in [7, 11) is 1.67. The number of nitrogen functional groups attached to an aromatic ring is 1. The van der Waals surface area contributed by atoms with Crippen LogP contribution in [0.3, 0.4) is 0 Å². The van der Waals surface area contributed by atoms with Gasteiger partial charge in [-0.05, 0) is 30.9 Å². The summed E-state index contributed by atoms with van der Waals surface area (Å²) in [5.41, 5.74) is 8.14. The Morgan fingerprint density at radius 2 is 1.97 bits per heavy atom. The highest BCUT2D eigenvalue weighted by Crippen LogP contribution is 2.38. The summed E-state index contributed by atoms with van der Waals surface area (Å²) in [6, 6.07) is 3.92. The minimum absolute atomic E-state index is 0.000666. The van der Waals surface area contributed by atoms with E-state index in [4.69, 9.17) is 20.0 Å². The Kier molecular flexibility index (Phi) is 6.89. The van der Waals surface area contributed by atoms with Gasteiger partial charge in [-0.25, -0.2) is 9.97 Å². The zero-order valence-corrected chi connectivity index (χ0v) is 21.9. The average Bonchev–Trinajstić information content (AvgIpc) is 3.69. The number of nitrogens with zero attached hydrogens (tertiary/aromatic N) is 8. The van der Waals surface area contributed by atoms with Gasteiger partial charge in [0.05, 0.1) is 29.0 Å². The molecule has 4 aromatic rings. The molecule has 0 bridgehead atoms. The monoisotopic (exact) mass is 517 g/mol. The van der Waals surface area contributed by atoms with Crippen LogP contribution in [0.2, 0.25) is 0 Å². The molecule has 1 aliphatic rings. The molecule has 0 spiro atoms. The minimum Gasteiger partial charge on any atom is -0.380 e. The molecule has 198 valence electrons. The van der Waals surface area contributed by atoms with Gasteiger partial charge < -0.3 is 19.9 Å². The smallest absolute Gasteiger partial charge is 0.261 e. The topological polar surface area (TPSA) is 151 Å². The van der Waals surface area contributed by atoms with E-state index in [0.29, 0.717) is 30.4 Å². The van der Waals surface area contributed by atoms with Crippen molar-refractivity contribution in [1.82, 2.24) is 39.8 Å². The first kappa shape index (κ1) is 25.5. The number of ether oxygens (including phenoxy) is 1. The molecule has 2 atom stereocenters. The van der Waals surface area contributed by atoms with E-state index < -0.39 is 5.41 Å². The van der Waals surface area contributed by atoms with Crippen molar-refractivity contribution in [2.24, 2.45) is 5.92 Å². The van der Waals surface area contributed by atoms with Crippen molar-refractivity contribution in [3.8, 4) is 22.7 Å². The summed E-state index contributed by atoms with van der Waals surface area (Å²) in [6.45, 7) is 7.71. The SMILES string of the molecule is COC1CCN(C(=O)Cn2cc(-c3nc([C@@](C)(c4ccc(-c5cnc(N)nc5)nc4)C(C)C)no3)cn2)C1. The van der Waals surface area contributed by atoms with Crippen LogP contribution in [0.1, 0.15) is 38.6 Å². The van der Waals surface area contributed by atoms with Gasteiger partial charge in [-0.15, -0.1) is 0 Å². The molecule has 1 aliphatic heterocycles. The van der Waals surface area contributed by atoms with E-state index in [1.807, 2.05) is 18.3 Å². The predicted octanol–water partition coefficient (Wildman–Crippen LogP) is 2.58. The lowest BCUT2D eigenvalue weighted by atomic mass is 9.73. The first-order valence-electron chi connectivity index (χ1n) is 12.5. The first-order chi connectivity index (χ1) is 18.3. The summed E-state index contributed by atoms with van der Waals surface area (Å²) in [5, 5.41) is 8.66. The summed E-state index contributed by atoms with van der Waals surface area (Å²) in [4.78, 5) is 31.9. The van der Waals surface area contributed by atoms with Crippen molar-refractivity contribution in [3.63, 3.8) is 0 Å². The quantitative estimate of drug-likeness (QED) is 0.369. The highest BCUT2D eigenvalue weighted by molar-refractivity contribution is 5.76. The van der Waals surface area contributed by atoms with Crippen LogP contribution in [-0.4, -0.2) is 72.0 Å². The first-order valence-corrected chi connectivity index (χ1v) is 12.5. The van der Waals surface area contributed by atoms with Crippen LogP contribution in [0.4, 0.5) is 5.95 Å². The van der Waals surface area contributed by atoms with Crippen LogP contribution in [0.5, 0.6) is 0 Å².